The quantitative estimate of drug-likeness (QED) is 0.202. The molecule has 1 aromatic carbocycles. The second-order valence-corrected chi connectivity index (χ2v) is 13.8. The summed E-state index contributed by atoms with van der Waals surface area (Å²) in [4.78, 5) is 11.4. The molecule has 0 bridgehead atoms. The lowest BCUT2D eigenvalue weighted by Gasteiger charge is -2.39. The van der Waals surface area contributed by atoms with E-state index in [0.717, 1.165) is 24.0 Å². The first-order valence-electron chi connectivity index (χ1n) is 10.0. The Kier molecular flexibility index (Phi) is 9.61. The van der Waals surface area contributed by atoms with Crippen LogP contribution < -0.4 is 4.74 Å². The van der Waals surface area contributed by atoms with Gasteiger partial charge in [-0.2, -0.15) is 0 Å². The number of carbonyl (C=O) groups is 1. The van der Waals surface area contributed by atoms with Crippen molar-refractivity contribution in [1.29, 1.82) is 0 Å². The van der Waals surface area contributed by atoms with Gasteiger partial charge in [0.2, 0.25) is 0 Å². The number of rotatable bonds is 11. The van der Waals surface area contributed by atoms with Gasteiger partial charge in [0.25, 0.3) is 0 Å². The molecule has 0 aliphatic heterocycles. The molecule has 158 valence electrons. The normalized spacial score (nSPS) is 15.2. The van der Waals surface area contributed by atoms with Crippen LogP contribution in [0.25, 0.3) is 0 Å². The molecule has 0 saturated heterocycles. The minimum Gasteiger partial charge on any atom is -0.497 e. The van der Waals surface area contributed by atoms with Crippen LogP contribution in [0.4, 0.5) is 0 Å². The molecular formula is C23H38O4Si. The Balaban J connectivity index is 2.61. The van der Waals surface area contributed by atoms with Crippen LogP contribution in [-0.4, -0.2) is 34.4 Å². The van der Waals surface area contributed by atoms with E-state index in [4.69, 9.17) is 13.9 Å². The Bertz CT molecular complexity index is 629. The summed E-state index contributed by atoms with van der Waals surface area (Å²) >= 11 is 0. The molecule has 0 spiro atoms. The maximum absolute atomic E-state index is 11.4. The van der Waals surface area contributed by atoms with Crippen molar-refractivity contribution in [1.82, 2.24) is 0 Å². The minimum atomic E-state index is -1.95. The van der Waals surface area contributed by atoms with Crippen molar-refractivity contribution in [2.75, 3.05) is 13.7 Å². The summed E-state index contributed by atoms with van der Waals surface area (Å²) in [6, 6.07) is 7.90. The van der Waals surface area contributed by atoms with Crippen LogP contribution in [0.5, 0.6) is 5.75 Å². The molecule has 0 heterocycles. The molecular weight excluding hydrogens is 368 g/mol. The molecule has 0 aliphatic rings. The zero-order valence-corrected chi connectivity index (χ0v) is 19.9. The van der Waals surface area contributed by atoms with Gasteiger partial charge in [0.05, 0.1) is 26.4 Å². The first-order valence-corrected chi connectivity index (χ1v) is 12.9. The summed E-state index contributed by atoms with van der Waals surface area (Å²) < 4.78 is 17.5. The first kappa shape index (κ1) is 24.6. The third-order valence-corrected chi connectivity index (χ3v) is 9.96. The molecule has 0 amide bonds. The number of benzene rings is 1. The lowest BCUT2D eigenvalue weighted by Crippen LogP contribution is -2.45. The predicted octanol–water partition coefficient (Wildman–Crippen LogP) is 5.77. The Hall–Kier alpha value is -1.43. The van der Waals surface area contributed by atoms with Gasteiger partial charge in [-0.15, -0.1) is 0 Å². The van der Waals surface area contributed by atoms with Gasteiger partial charge in [-0.1, -0.05) is 51.5 Å². The van der Waals surface area contributed by atoms with E-state index in [2.05, 4.69) is 46.9 Å². The van der Waals surface area contributed by atoms with Crippen LogP contribution in [0, 0.1) is 5.92 Å². The highest BCUT2D eigenvalue weighted by Crippen LogP contribution is 2.38. The Morgan fingerprint density at radius 2 is 1.79 bits per heavy atom. The van der Waals surface area contributed by atoms with Gasteiger partial charge >= 0.3 is 0 Å². The van der Waals surface area contributed by atoms with Crippen LogP contribution in [-0.2, 0) is 20.6 Å². The Morgan fingerprint density at radius 3 is 2.29 bits per heavy atom. The highest BCUT2D eigenvalue weighted by atomic mass is 28.4. The molecule has 1 rings (SSSR count). The second kappa shape index (κ2) is 10.9. The molecule has 0 aliphatic carbocycles. The van der Waals surface area contributed by atoms with Crippen LogP contribution in [0.15, 0.2) is 35.9 Å². The van der Waals surface area contributed by atoms with Gasteiger partial charge in [-0.25, -0.2) is 0 Å². The molecule has 1 aromatic rings. The highest BCUT2D eigenvalue weighted by molar-refractivity contribution is 6.74. The number of ether oxygens (including phenoxy) is 2. The fourth-order valence-electron chi connectivity index (χ4n) is 2.40. The van der Waals surface area contributed by atoms with E-state index in [1.54, 1.807) is 7.11 Å². The maximum Gasteiger partial charge on any atom is 0.192 e. The first-order chi connectivity index (χ1) is 13.0. The number of hydrogen-bond acceptors (Lipinski definition) is 4. The molecule has 4 nitrogen and oxygen atoms in total. The highest BCUT2D eigenvalue weighted by Gasteiger charge is 2.39. The van der Waals surface area contributed by atoms with Gasteiger partial charge in [-0.3, -0.25) is 0 Å². The van der Waals surface area contributed by atoms with Gasteiger partial charge in [0.15, 0.2) is 8.32 Å². The van der Waals surface area contributed by atoms with Crippen molar-refractivity contribution in [2.24, 2.45) is 5.92 Å². The van der Waals surface area contributed by atoms with Crippen molar-refractivity contribution in [3.63, 3.8) is 0 Å². The van der Waals surface area contributed by atoms with Crippen molar-refractivity contribution >= 4 is 14.6 Å². The van der Waals surface area contributed by atoms with E-state index >= 15 is 0 Å². The largest absolute Gasteiger partial charge is 0.497 e. The number of aldehydes is 1. The monoisotopic (exact) mass is 406 g/mol. The van der Waals surface area contributed by atoms with Crippen LogP contribution in [0.3, 0.4) is 0 Å². The zero-order chi connectivity index (χ0) is 21.4. The van der Waals surface area contributed by atoms with Crippen LogP contribution >= 0.6 is 0 Å². The Labute approximate surface area is 172 Å². The summed E-state index contributed by atoms with van der Waals surface area (Å²) in [6.07, 6.45) is 3.73. The molecule has 28 heavy (non-hydrogen) atoms. The molecule has 0 aromatic heterocycles. The summed E-state index contributed by atoms with van der Waals surface area (Å²) in [5, 5.41) is 0.108. The average Bonchev–Trinajstić information content (AvgIpc) is 2.63. The van der Waals surface area contributed by atoms with Gasteiger partial charge in [-0.05, 0) is 49.2 Å². The number of hydrogen-bond donors (Lipinski definition) is 0. The zero-order valence-electron chi connectivity index (χ0n) is 18.9. The van der Waals surface area contributed by atoms with Crippen molar-refractivity contribution < 1.29 is 18.7 Å². The lowest BCUT2D eigenvalue weighted by molar-refractivity contribution is -0.112. The summed E-state index contributed by atoms with van der Waals surface area (Å²) in [6.45, 7) is 16.3. The average molecular weight is 407 g/mol. The van der Waals surface area contributed by atoms with Crippen LogP contribution in [0.2, 0.25) is 18.1 Å². The Morgan fingerprint density at radius 1 is 1.18 bits per heavy atom. The van der Waals surface area contributed by atoms with E-state index in [1.807, 2.05) is 31.2 Å². The fraction of sp³-hybridized carbons (Fsp3) is 0.609. The SMILES string of the molecule is COc1ccc(COCC/C(C)=C/[C@@H](O[Si](C)(C)C(C)(C)C)[C@@H](C)C=O)cc1. The molecule has 0 radical (unpaired) electrons. The fourth-order valence-corrected chi connectivity index (χ4v) is 3.71. The topological polar surface area (TPSA) is 44.8 Å². The number of methoxy groups -OCH3 is 1. The molecule has 0 unspecified atom stereocenters. The summed E-state index contributed by atoms with van der Waals surface area (Å²) in [5.41, 5.74) is 2.31. The summed E-state index contributed by atoms with van der Waals surface area (Å²) in [5.74, 6) is 0.684. The molecule has 0 saturated carbocycles. The minimum absolute atomic E-state index is 0.108. The standard InChI is InChI=1S/C23H38O4Si/c1-18(13-14-26-17-20-9-11-21(25-6)12-10-20)15-22(19(2)16-24)27-28(7,8)23(3,4)5/h9-12,15-16,19,22H,13-14,17H2,1-8H3/b18-15+/t19-,22+/m0/s1. The van der Waals surface area contributed by atoms with Gasteiger partial charge < -0.3 is 18.7 Å². The maximum atomic E-state index is 11.4. The van der Waals surface area contributed by atoms with Gasteiger partial charge in [0.1, 0.15) is 12.0 Å². The van der Waals surface area contributed by atoms with Crippen molar-refractivity contribution in [2.45, 2.75) is 71.9 Å². The lowest BCUT2D eigenvalue weighted by atomic mass is 10.0. The van der Waals surface area contributed by atoms with Crippen LogP contribution in [0.1, 0.15) is 46.6 Å². The molecule has 2 atom stereocenters. The molecule has 0 fully saturated rings. The van der Waals surface area contributed by atoms with E-state index in [0.29, 0.717) is 13.2 Å². The number of carbonyl (C=O) groups excluding carboxylic acids is 1. The molecule has 5 heteroatoms. The molecule has 0 N–H and O–H groups in total. The second-order valence-electron chi connectivity index (χ2n) is 9.00. The van der Waals surface area contributed by atoms with E-state index in [9.17, 15) is 4.79 Å². The van der Waals surface area contributed by atoms with Crippen molar-refractivity contribution in [3.05, 3.63) is 41.5 Å². The summed E-state index contributed by atoms with van der Waals surface area (Å²) in [7, 11) is -0.288. The van der Waals surface area contributed by atoms with E-state index in [1.165, 1.54) is 5.57 Å². The third kappa shape index (κ3) is 7.90. The van der Waals surface area contributed by atoms with Crippen molar-refractivity contribution in [3.8, 4) is 5.75 Å². The van der Waals surface area contributed by atoms with E-state index in [-0.39, 0.29) is 17.1 Å². The smallest absolute Gasteiger partial charge is 0.192 e. The third-order valence-electron chi connectivity index (χ3n) is 5.49. The van der Waals surface area contributed by atoms with E-state index < -0.39 is 8.32 Å². The van der Waals surface area contributed by atoms with Gasteiger partial charge in [0, 0.05) is 5.92 Å². The predicted molar refractivity (Wildman–Crippen MR) is 118 cm³/mol.